The summed E-state index contributed by atoms with van der Waals surface area (Å²) < 4.78 is 0. The van der Waals surface area contributed by atoms with Gasteiger partial charge in [-0.2, -0.15) is 5.10 Å². The van der Waals surface area contributed by atoms with Gasteiger partial charge in [-0.25, -0.2) is 0 Å². The Balaban J connectivity index is 2.22. The molecular weight excluding hydrogens is 194 g/mol. The second-order valence-electron chi connectivity index (χ2n) is 3.14. The number of aromatic nitrogens is 2. The molecule has 0 unspecified atom stereocenters. The van der Waals surface area contributed by atoms with E-state index in [0.717, 1.165) is 25.1 Å². The van der Waals surface area contributed by atoms with Crippen molar-refractivity contribution >= 4 is 11.3 Å². The fourth-order valence-corrected chi connectivity index (χ4v) is 2.18. The average Bonchev–Trinajstić information content (AvgIpc) is 2.84. The summed E-state index contributed by atoms with van der Waals surface area (Å²) in [7, 11) is 0. The van der Waals surface area contributed by atoms with Crippen LogP contribution in [0.15, 0.2) is 23.7 Å². The van der Waals surface area contributed by atoms with Gasteiger partial charge in [-0.15, -0.1) is 11.3 Å². The molecule has 2 aromatic rings. The van der Waals surface area contributed by atoms with E-state index in [0.29, 0.717) is 0 Å². The smallest absolute Gasteiger partial charge is 0.0781 e. The van der Waals surface area contributed by atoms with E-state index in [9.17, 15) is 0 Å². The van der Waals surface area contributed by atoms with Gasteiger partial charge in [0.1, 0.15) is 0 Å². The van der Waals surface area contributed by atoms with Crippen LogP contribution in [0.3, 0.4) is 0 Å². The van der Waals surface area contributed by atoms with Crippen LogP contribution in [-0.2, 0) is 6.42 Å². The molecule has 0 atom stereocenters. The van der Waals surface area contributed by atoms with Gasteiger partial charge in [0.2, 0.25) is 0 Å². The van der Waals surface area contributed by atoms with Gasteiger partial charge in [-0.05, 0) is 36.4 Å². The highest BCUT2D eigenvalue weighted by Gasteiger charge is 2.07. The number of thiophene rings is 1. The van der Waals surface area contributed by atoms with Crippen molar-refractivity contribution in [3.63, 3.8) is 0 Å². The third kappa shape index (κ3) is 1.86. The number of hydrogen-bond donors (Lipinski definition) is 2. The minimum atomic E-state index is 0.731. The molecule has 0 aliphatic heterocycles. The minimum Gasteiger partial charge on any atom is -0.330 e. The molecule has 74 valence electrons. The van der Waals surface area contributed by atoms with E-state index >= 15 is 0 Å². The predicted molar refractivity (Wildman–Crippen MR) is 59.3 cm³/mol. The number of H-pyrrole nitrogens is 1. The summed E-state index contributed by atoms with van der Waals surface area (Å²) in [5.74, 6) is 0. The Labute approximate surface area is 87.0 Å². The molecule has 0 aliphatic rings. The first-order valence-corrected chi connectivity index (χ1v) is 5.56. The Bertz CT molecular complexity index is 378. The van der Waals surface area contributed by atoms with E-state index in [1.54, 1.807) is 11.3 Å². The highest BCUT2D eigenvalue weighted by molar-refractivity contribution is 7.13. The molecule has 0 spiro atoms. The van der Waals surface area contributed by atoms with E-state index in [-0.39, 0.29) is 0 Å². The topological polar surface area (TPSA) is 54.7 Å². The standard InChI is InChI=1S/C10H13N3S/c11-5-1-3-8-7-12-13-10(8)9-4-2-6-14-9/h2,4,6-7H,1,3,5,11H2,(H,12,13). The molecule has 0 radical (unpaired) electrons. The molecule has 2 rings (SSSR count). The Morgan fingerprint density at radius 3 is 3.14 bits per heavy atom. The van der Waals surface area contributed by atoms with E-state index in [4.69, 9.17) is 5.73 Å². The zero-order valence-corrected chi connectivity index (χ0v) is 8.68. The normalized spacial score (nSPS) is 10.6. The van der Waals surface area contributed by atoms with Gasteiger partial charge >= 0.3 is 0 Å². The van der Waals surface area contributed by atoms with Crippen molar-refractivity contribution in [1.82, 2.24) is 10.2 Å². The minimum absolute atomic E-state index is 0.731. The lowest BCUT2D eigenvalue weighted by Gasteiger charge is -1.98. The van der Waals surface area contributed by atoms with Gasteiger partial charge in [-0.3, -0.25) is 5.10 Å². The summed E-state index contributed by atoms with van der Waals surface area (Å²) in [6.45, 7) is 0.731. The number of nitrogens with one attached hydrogen (secondary N) is 1. The molecular formula is C10H13N3S. The third-order valence-electron chi connectivity index (χ3n) is 2.14. The van der Waals surface area contributed by atoms with E-state index in [1.165, 1.54) is 10.4 Å². The summed E-state index contributed by atoms with van der Waals surface area (Å²) in [4.78, 5) is 1.24. The molecule has 0 aromatic carbocycles. The van der Waals surface area contributed by atoms with Crippen LogP contribution >= 0.6 is 11.3 Å². The summed E-state index contributed by atoms with van der Waals surface area (Å²) in [6, 6.07) is 4.15. The molecule has 0 bridgehead atoms. The number of aromatic amines is 1. The number of nitrogens with two attached hydrogens (primary N) is 1. The first-order valence-electron chi connectivity index (χ1n) is 4.68. The van der Waals surface area contributed by atoms with Crippen LogP contribution in [0, 0.1) is 0 Å². The molecule has 0 fully saturated rings. The van der Waals surface area contributed by atoms with E-state index < -0.39 is 0 Å². The van der Waals surface area contributed by atoms with Crippen LogP contribution < -0.4 is 5.73 Å². The van der Waals surface area contributed by atoms with Crippen molar-refractivity contribution in [3.8, 4) is 10.6 Å². The van der Waals surface area contributed by atoms with Crippen molar-refractivity contribution in [3.05, 3.63) is 29.3 Å². The maximum atomic E-state index is 5.49. The molecule has 4 heteroatoms. The van der Waals surface area contributed by atoms with Gasteiger partial charge in [0.25, 0.3) is 0 Å². The number of rotatable bonds is 4. The van der Waals surface area contributed by atoms with Crippen LogP contribution in [0.5, 0.6) is 0 Å². The molecule has 0 amide bonds. The Hall–Kier alpha value is -1.13. The largest absolute Gasteiger partial charge is 0.330 e. The molecule has 0 saturated heterocycles. The fraction of sp³-hybridized carbons (Fsp3) is 0.300. The van der Waals surface area contributed by atoms with E-state index in [1.807, 2.05) is 12.3 Å². The lowest BCUT2D eigenvalue weighted by Crippen LogP contribution is -2.00. The zero-order chi connectivity index (χ0) is 9.80. The van der Waals surface area contributed by atoms with Gasteiger partial charge in [-0.1, -0.05) is 6.07 Å². The van der Waals surface area contributed by atoms with Crippen LogP contribution in [0.2, 0.25) is 0 Å². The summed E-state index contributed by atoms with van der Waals surface area (Å²) in [6.07, 6.45) is 3.91. The lowest BCUT2D eigenvalue weighted by atomic mass is 10.1. The molecule has 14 heavy (non-hydrogen) atoms. The van der Waals surface area contributed by atoms with Crippen molar-refractivity contribution in [1.29, 1.82) is 0 Å². The highest BCUT2D eigenvalue weighted by Crippen LogP contribution is 2.26. The van der Waals surface area contributed by atoms with Gasteiger partial charge < -0.3 is 5.73 Å². The summed E-state index contributed by atoms with van der Waals surface area (Å²) in [5.41, 5.74) is 7.89. The quantitative estimate of drug-likeness (QED) is 0.806. The van der Waals surface area contributed by atoms with Crippen LogP contribution in [0.1, 0.15) is 12.0 Å². The SMILES string of the molecule is NCCCc1cn[nH]c1-c1cccs1. The van der Waals surface area contributed by atoms with Crippen LogP contribution in [-0.4, -0.2) is 16.7 Å². The maximum Gasteiger partial charge on any atom is 0.0781 e. The molecule has 0 aliphatic carbocycles. The number of aryl methyl sites for hydroxylation is 1. The second kappa shape index (κ2) is 4.39. The van der Waals surface area contributed by atoms with Crippen molar-refractivity contribution in [2.24, 2.45) is 5.73 Å². The molecule has 0 saturated carbocycles. The van der Waals surface area contributed by atoms with Gasteiger partial charge in [0.05, 0.1) is 16.8 Å². The average molecular weight is 207 g/mol. The van der Waals surface area contributed by atoms with Gasteiger partial charge in [0.15, 0.2) is 0 Å². The first-order chi connectivity index (χ1) is 6.92. The lowest BCUT2D eigenvalue weighted by molar-refractivity contribution is 0.834. The number of hydrogen-bond acceptors (Lipinski definition) is 3. The highest BCUT2D eigenvalue weighted by atomic mass is 32.1. The van der Waals surface area contributed by atoms with Crippen LogP contribution in [0.4, 0.5) is 0 Å². The van der Waals surface area contributed by atoms with Crippen molar-refractivity contribution in [2.75, 3.05) is 6.54 Å². The third-order valence-corrected chi connectivity index (χ3v) is 3.02. The maximum absolute atomic E-state index is 5.49. The van der Waals surface area contributed by atoms with Crippen LogP contribution in [0.25, 0.3) is 10.6 Å². The zero-order valence-electron chi connectivity index (χ0n) is 7.86. The summed E-state index contributed by atoms with van der Waals surface area (Å²) in [5, 5.41) is 9.18. The predicted octanol–water partition coefficient (Wildman–Crippen LogP) is 2.03. The summed E-state index contributed by atoms with van der Waals surface area (Å²) >= 11 is 1.73. The van der Waals surface area contributed by atoms with E-state index in [2.05, 4.69) is 21.6 Å². The number of nitrogens with zero attached hydrogens (tertiary/aromatic N) is 1. The van der Waals surface area contributed by atoms with Crippen molar-refractivity contribution in [2.45, 2.75) is 12.8 Å². The molecule has 2 heterocycles. The van der Waals surface area contributed by atoms with Crippen molar-refractivity contribution < 1.29 is 0 Å². The molecule has 2 aromatic heterocycles. The molecule has 3 nitrogen and oxygen atoms in total. The van der Waals surface area contributed by atoms with Gasteiger partial charge in [0, 0.05) is 0 Å². The molecule has 3 N–H and O–H groups in total. The monoisotopic (exact) mass is 207 g/mol. The Morgan fingerprint density at radius 2 is 2.43 bits per heavy atom. The fourth-order valence-electron chi connectivity index (χ4n) is 1.43. The second-order valence-corrected chi connectivity index (χ2v) is 4.09. The Morgan fingerprint density at radius 1 is 1.50 bits per heavy atom. The first kappa shape index (κ1) is 9.43. The Kier molecular flexibility index (Phi) is 2.96.